The van der Waals surface area contributed by atoms with Crippen molar-refractivity contribution in [3.63, 3.8) is 0 Å². The average molecular weight is 290 g/mol. The molecular weight excluding hydrogens is 264 g/mol. The minimum atomic E-state index is 0.531. The van der Waals surface area contributed by atoms with Crippen molar-refractivity contribution < 1.29 is 0 Å². The molecule has 6 nitrogen and oxygen atoms in total. The molecule has 1 atom stereocenters. The van der Waals surface area contributed by atoms with Crippen LogP contribution in [0.25, 0.3) is 11.0 Å². The third-order valence-corrected chi connectivity index (χ3v) is 3.83. The standard InChI is InChI=1S/C15H26N6/c1-6-8-11(3)20(4)10-13-18-14(16-7-2)12-9-17-21(5)15(12)19-13/h9,11H,6-8,10H2,1-5H3,(H,16,18,19). The van der Waals surface area contributed by atoms with Crippen LogP contribution in [0.4, 0.5) is 5.82 Å². The molecular formula is C15H26N6. The highest BCUT2D eigenvalue weighted by Crippen LogP contribution is 2.20. The van der Waals surface area contributed by atoms with Crippen molar-refractivity contribution in [2.75, 3.05) is 18.9 Å². The smallest absolute Gasteiger partial charge is 0.163 e. The third-order valence-electron chi connectivity index (χ3n) is 3.83. The molecule has 0 fully saturated rings. The molecule has 2 heterocycles. The number of aryl methyl sites for hydroxylation is 1. The van der Waals surface area contributed by atoms with E-state index in [0.717, 1.165) is 35.8 Å². The van der Waals surface area contributed by atoms with Gasteiger partial charge in [0.2, 0.25) is 0 Å². The molecule has 0 amide bonds. The van der Waals surface area contributed by atoms with Gasteiger partial charge in [-0.2, -0.15) is 5.10 Å². The molecule has 116 valence electrons. The zero-order valence-corrected chi connectivity index (χ0v) is 13.7. The molecule has 1 N–H and O–H groups in total. The summed E-state index contributed by atoms with van der Waals surface area (Å²) in [5, 5.41) is 8.57. The van der Waals surface area contributed by atoms with Crippen molar-refractivity contribution in [1.82, 2.24) is 24.6 Å². The molecule has 0 radical (unpaired) electrons. The quantitative estimate of drug-likeness (QED) is 0.848. The first-order chi connectivity index (χ1) is 10.1. The van der Waals surface area contributed by atoms with Gasteiger partial charge in [-0.05, 0) is 27.3 Å². The topological polar surface area (TPSA) is 58.9 Å². The van der Waals surface area contributed by atoms with Crippen LogP contribution in [0.15, 0.2) is 6.20 Å². The summed E-state index contributed by atoms with van der Waals surface area (Å²) in [6, 6.07) is 0.531. The van der Waals surface area contributed by atoms with E-state index >= 15 is 0 Å². The highest BCUT2D eigenvalue weighted by molar-refractivity contribution is 5.86. The maximum absolute atomic E-state index is 4.67. The van der Waals surface area contributed by atoms with Crippen molar-refractivity contribution >= 4 is 16.9 Å². The molecule has 1 unspecified atom stereocenters. The number of fused-ring (bicyclic) bond motifs is 1. The number of aromatic nitrogens is 4. The molecule has 2 rings (SSSR count). The largest absolute Gasteiger partial charge is 0.370 e. The maximum atomic E-state index is 4.67. The summed E-state index contributed by atoms with van der Waals surface area (Å²) in [7, 11) is 4.04. The Balaban J connectivity index is 2.29. The van der Waals surface area contributed by atoms with Crippen molar-refractivity contribution in [3.8, 4) is 0 Å². The zero-order valence-electron chi connectivity index (χ0n) is 13.7. The summed E-state index contributed by atoms with van der Waals surface area (Å²) in [5.41, 5.74) is 0.882. The van der Waals surface area contributed by atoms with E-state index in [-0.39, 0.29) is 0 Å². The molecule has 0 aliphatic heterocycles. The van der Waals surface area contributed by atoms with Gasteiger partial charge in [0.15, 0.2) is 5.65 Å². The van der Waals surface area contributed by atoms with Gasteiger partial charge < -0.3 is 5.32 Å². The fourth-order valence-electron chi connectivity index (χ4n) is 2.46. The van der Waals surface area contributed by atoms with E-state index in [0.29, 0.717) is 6.04 Å². The summed E-state index contributed by atoms with van der Waals surface area (Å²) >= 11 is 0. The van der Waals surface area contributed by atoms with E-state index in [2.05, 4.69) is 53.1 Å². The van der Waals surface area contributed by atoms with Crippen LogP contribution < -0.4 is 5.32 Å². The number of hydrogen-bond donors (Lipinski definition) is 1. The van der Waals surface area contributed by atoms with Crippen LogP contribution in [0.3, 0.4) is 0 Å². The van der Waals surface area contributed by atoms with Crippen LogP contribution in [-0.2, 0) is 13.6 Å². The van der Waals surface area contributed by atoms with E-state index in [4.69, 9.17) is 0 Å². The lowest BCUT2D eigenvalue weighted by Gasteiger charge is -2.23. The van der Waals surface area contributed by atoms with Crippen molar-refractivity contribution in [2.45, 2.75) is 46.2 Å². The normalized spacial score (nSPS) is 13.0. The zero-order chi connectivity index (χ0) is 15.4. The monoisotopic (exact) mass is 290 g/mol. The molecule has 21 heavy (non-hydrogen) atoms. The first-order valence-electron chi connectivity index (χ1n) is 7.69. The summed E-state index contributed by atoms with van der Waals surface area (Å²) in [6.45, 7) is 8.12. The Kier molecular flexibility index (Phi) is 5.12. The second-order valence-electron chi connectivity index (χ2n) is 5.58. The predicted octanol–water partition coefficient (Wildman–Crippen LogP) is 2.42. The minimum absolute atomic E-state index is 0.531. The van der Waals surface area contributed by atoms with E-state index in [9.17, 15) is 0 Å². The summed E-state index contributed by atoms with van der Waals surface area (Å²) in [6.07, 6.45) is 4.20. The Labute approximate surface area is 126 Å². The van der Waals surface area contributed by atoms with Crippen LogP contribution in [-0.4, -0.2) is 44.3 Å². The lowest BCUT2D eigenvalue weighted by Crippen LogP contribution is -2.29. The fraction of sp³-hybridized carbons (Fsp3) is 0.667. The molecule has 0 aliphatic carbocycles. The van der Waals surface area contributed by atoms with Gasteiger partial charge in [0.05, 0.1) is 18.1 Å². The van der Waals surface area contributed by atoms with Crippen LogP contribution in [0, 0.1) is 0 Å². The molecule has 6 heteroatoms. The van der Waals surface area contributed by atoms with Crippen LogP contribution >= 0.6 is 0 Å². The third kappa shape index (κ3) is 3.50. The summed E-state index contributed by atoms with van der Waals surface area (Å²) in [5.74, 6) is 1.72. The molecule has 0 aliphatic rings. The number of anilines is 1. The Morgan fingerprint density at radius 1 is 1.33 bits per heavy atom. The number of rotatable bonds is 7. The highest BCUT2D eigenvalue weighted by atomic mass is 15.3. The average Bonchev–Trinajstić information content (AvgIpc) is 2.81. The Hall–Kier alpha value is -1.69. The van der Waals surface area contributed by atoms with E-state index in [1.807, 2.05) is 13.2 Å². The van der Waals surface area contributed by atoms with Gasteiger partial charge in [-0.25, -0.2) is 9.97 Å². The lowest BCUT2D eigenvalue weighted by atomic mass is 10.2. The molecule has 0 spiro atoms. The Morgan fingerprint density at radius 2 is 2.10 bits per heavy atom. The van der Waals surface area contributed by atoms with Crippen LogP contribution in [0.5, 0.6) is 0 Å². The van der Waals surface area contributed by atoms with Gasteiger partial charge in [-0.15, -0.1) is 0 Å². The van der Waals surface area contributed by atoms with E-state index in [1.165, 1.54) is 12.8 Å². The Morgan fingerprint density at radius 3 is 2.76 bits per heavy atom. The van der Waals surface area contributed by atoms with Gasteiger partial charge in [0.25, 0.3) is 0 Å². The van der Waals surface area contributed by atoms with Crippen LogP contribution in [0.2, 0.25) is 0 Å². The van der Waals surface area contributed by atoms with E-state index < -0.39 is 0 Å². The SMILES string of the molecule is CCCC(C)N(C)Cc1nc(NCC)c2cnn(C)c2n1. The summed E-state index contributed by atoms with van der Waals surface area (Å²) in [4.78, 5) is 11.6. The molecule has 0 aromatic carbocycles. The number of nitrogens with zero attached hydrogens (tertiary/aromatic N) is 5. The van der Waals surface area contributed by atoms with Gasteiger partial charge in [-0.1, -0.05) is 13.3 Å². The Bertz CT molecular complexity index is 591. The lowest BCUT2D eigenvalue weighted by molar-refractivity contribution is 0.231. The van der Waals surface area contributed by atoms with E-state index in [1.54, 1.807) is 4.68 Å². The second kappa shape index (κ2) is 6.85. The van der Waals surface area contributed by atoms with Crippen molar-refractivity contribution in [1.29, 1.82) is 0 Å². The maximum Gasteiger partial charge on any atom is 0.163 e. The minimum Gasteiger partial charge on any atom is -0.370 e. The van der Waals surface area contributed by atoms with Crippen molar-refractivity contribution in [2.24, 2.45) is 7.05 Å². The molecule has 0 saturated heterocycles. The van der Waals surface area contributed by atoms with Gasteiger partial charge in [0.1, 0.15) is 11.6 Å². The van der Waals surface area contributed by atoms with Gasteiger partial charge in [0, 0.05) is 19.6 Å². The molecule has 2 aromatic rings. The van der Waals surface area contributed by atoms with Crippen LogP contribution in [0.1, 0.15) is 39.4 Å². The second-order valence-corrected chi connectivity index (χ2v) is 5.58. The number of hydrogen-bond acceptors (Lipinski definition) is 5. The van der Waals surface area contributed by atoms with Gasteiger partial charge >= 0.3 is 0 Å². The first kappa shape index (κ1) is 15.7. The number of nitrogens with one attached hydrogen (secondary N) is 1. The summed E-state index contributed by atoms with van der Waals surface area (Å²) < 4.78 is 1.80. The molecule has 0 bridgehead atoms. The molecule has 2 aromatic heterocycles. The van der Waals surface area contributed by atoms with Gasteiger partial charge in [-0.3, -0.25) is 9.58 Å². The predicted molar refractivity (Wildman–Crippen MR) is 86.3 cm³/mol. The fourth-order valence-corrected chi connectivity index (χ4v) is 2.46. The highest BCUT2D eigenvalue weighted by Gasteiger charge is 2.14. The van der Waals surface area contributed by atoms with Crippen molar-refractivity contribution in [3.05, 3.63) is 12.0 Å². The first-order valence-corrected chi connectivity index (χ1v) is 7.69. The molecule has 0 saturated carbocycles.